The van der Waals surface area contributed by atoms with Crippen LogP contribution in [0.3, 0.4) is 0 Å². The molecule has 100 valence electrons. The van der Waals surface area contributed by atoms with Gasteiger partial charge in [0, 0.05) is 35.8 Å². The lowest BCUT2D eigenvalue weighted by atomic mass is 9.91. The number of nitrogens with one attached hydrogen (secondary N) is 1. The van der Waals surface area contributed by atoms with E-state index in [1.807, 2.05) is 6.92 Å². The highest BCUT2D eigenvalue weighted by molar-refractivity contribution is 5.17. The largest absolute Gasteiger partial charge is 0.379 e. The number of rotatable bonds is 2. The molecule has 1 aromatic rings. The molecule has 1 aliphatic rings. The van der Waals surface area contributed by atoms with Crippen molar-refractivity contribution in [3.05, 3.63) is 23.3 Å². The lowest BCUT2D eigenvalue weighted by Gasteiger charge is -2.24. The smallest absolute Gasteiger partial charge is 0.130 e. The van der Waals surface area contributed by atoms with Crippen molar-refractivity contribution in [2.75, 3.05) is 19.8 Å². The van der Waals surface area contributed by atoms with Crippen molar-refractivity contribution >= 4 is 0 Å². The van der Waals surface area contributed by atoms with Gasteiger partial charge in [-0.05, 0) is 13.0 Å². The van der Waals surface area contributed by atoms with Gasteiger partial charge >= 0.3 is 0 Å². The maximum atomic E-state index is 5.46. The van der Waals surface area contributed by atoms with E-state index in [4.69, 9.17) is 9.72 Å². The summed E-state index contributed by atoms with van der Waals surface area (Å²) in [5, 5.41) is 3.44. The SMILES string of the molecule is Cc1cc(C(C)(C)C)nc(CC2COCCN2)n1. The zero-order chi connectivity index (χ0) is 13.2. The third-order valence-corrected chi connectivity index (χ3v) is 3.10. The molecular weight excluding hydrogens is 226 g/mol. The molecule has 18 heavy (non-hydrogen) atoms. The van der Waals surface area contributed by atoms with E-state index in [1.54, 1.807) is 0 Å². The van der Waals surface area contributed by atoms with E-state index >= 15 is 0 Å². The van der Waals surface area contributed by atoms with Crippen LogP contribution in [0.15, 0.2) is 6.07 Å². The van der Waals surface area contributed by atoms with Crippen LogP contribution < -0.4 is 5.32 Å². The van der Waals surface area contributed by atoms with Gasteiger partial charge in [0.05, 0.1) is 13.2 Å². The first-order valence-electron chi connectivity index (χ1n) is 6.61. The van der Waals surface area contributed by atoms with Crippen LogP contribution in [0.2, 0.25) is 0 Å². The van der Waals surface area contributed by atoms with Crippen molar-refractivity contribution in [3.8, 4) is 0 Å². The summed E-state index contributed by atoms with van der Waals surface area (Å²) in [6, 6.07) is 2.42. The van der Waals surface area contributed by atoms with Crippen LogP contribution in [-0.4, -0.2) is 35.8 Å². The predicted molar refractivity (Wildman–Crippen MR) is 71.8 cm³/mol. The van der Waals surface area contributed by atoms with Crippen molar-refractivity contribution in [1.29, 1.82) is 0 Å². The maximum Gasteiger partial charge on any atom is 0.130 e. The van der Waals surface area contributed by atoms with Gasteiger partial charge in [-0.25, -0.2) is 9.97 Å². The molecule has 1 N–H and O–H groups in total. The van der Waals surface area contributed by atoms with Crippen LogP contribution in [-0.2, 0) is 16.6 Å². The predicted octanol–water partition coefficient (Wildman–Crippen LogP) is 1.61. The van der Waals surface area contributed by atoms with Gasteiger partial charge in [0.1, 0.15) is 5.82 Å². The van der Waals surface area contributed by atoms with Crippen molar-refractivity contribution in [1.82, 2.24) is 15.3 Å². The Morgan fingerprint density at radius 1 is 1.39 bits per heavy atom. The molecule has 2 heterocycles. The van der Waals surface area contributed by atoms with E-state index in [2.05, 4.69) is 37.1 Å². The number of nitrogens with zero attached hydrogens (tertiary/aromatic N) is 2. The van der Waals surface area contributed by atoms with E-state index in [1.165, 1.54) is 0 Å². The Bertz CT molecular complexity index is 406. The quantitative estimate of drug-likeness (QED) is 0.865. The monoisotopic (exact) mass is 249 g/mol. The lowest BCUT2D eigenvalue weighted by Crippen LogP contribution is -2.43. The second-order valence-corrected chi connectivity index (χ2v) is 5.99. The molecule has 1 aliphatic heterocycles. The van der Waals surface area contributed by atoms with Gasteiger partial charge in [-0.15, -0.1) is 0 Å². The second kappa shape index (κ2) is 5.33. The molecule has 4 heteroatoms. The van der Waals surface area contributed by atoms with E-state index in [-0.39, 0.29) is 5.41 Å². The molecule has 0 radical (unpaired) electrons. The fourth-order valence-electron chi connectivity index (χ4n) is 2.08. The highest BCUT2D eigenvalue weighted by atomic mass is 16.5. The topological polar surface area (TPSA) is 47.0 Å². The average Bonchev–Trinajstić information content (AvgIpc) is 2.28. The van der Waals surface area contributed by atoms with Gasteiger partial charge in [-0.1, -0.05) is 20.8 Å². The minimum Gasteiger partial charge on any atom is -0.379 e. The van der Waals surface area contributed by atoms with Crippen LogP contribution in [0.4, 0.5) is 0 Å². The van der Waals surface area contributed by atoms with Gasteiger partial charge in [0.25, 0.3) is 0 Å². The van der Waals surface area contributed by atoms with Crippen LogP contribution in [0.5, 0.6) is 0 Å². The molecule has 1 atom stereocenters. The van der Waals surface area contributed by atoms with E-state index in [0.29, 0.717) is 6.04 Å². The van der Waals surface area contributed by atoms with Gasteiger partial charge in [0.2, 0.25) is 0 Å². The summed E-state index contributed by atoms with van der Waals surface area (Å²) < 4.78 is 5.46. The van der Waals surface area contributed by atoms with Crippen molar-refractivity contribution in [2.24, 2.45) is 0 Å². The number of morpholine rings is 1. The van der Waals surface area contributed by atoms with E-state index < -0.39 is 0 Å². The Hall–Kier alpha value is -1.00. The molecule has 1 saturated heterocycles. The summed E-state index contributed by atoms with van der Waals surface area (Å²) in [5.74, 6) is 0.919. The Kier molecular flexibility index (Phi) is 3.97. The second-order valence-electron chi connectivity index (χ2n) is 5.99. The summed E-state index contributed by atoms with van der Waals surface area (Å²) >= 11 is 0. The van der Waals surface area contributed by atoms with Crippen LogP contribution >= 0.6 is 0 Å². The summed E-state index contributed by atoms with van der Waals surface area (Å²) in [4.78, 5) is 9.23. The van der Waals surface area contributed by atoms with Gasteiger partial charge in [-0.2, -0.15) is 0 Å². The third kappa shape index (κ3) is 3.50. The highest BCUT2D eigenvalue weighted by Crippen LogP contribution is 2.20. The first kappa shape index (κ1) is 13.4. The van der Waals surface area contributed by atoms with Crippen LogP contribution in [0.1, 0.15) is 38.0 Å². The number of ether oxygens (including phenoxy) is 1. The normalized spacial score (nSPS) is 21.0. The molecular formula is C14H23N3O. The molecule has 4 nitrogen and oxygen atoms in total. The summed E-state index contributed by atoms with van der Waals surface area (Å²) in [7, 11) is 0. The highest BCUT2D eigenvalue weighted by Gasteiger charge is 2.19. The Morgan fingerprint density at radius 2 is 2.17 bits per heavy atom. The van der Waals surface area contributed by atoms with Crippen molar-refractivity contribution in [2.45, 2.75) is 45.6 Å². The van der Waals surface area contributed by atoms with Gasteiger partial charge in [-0.3, -0.25) is 0 Å². The van der Waals surface area contributed by atoms with Crippen LogP contribution in [0.25, 0.3) is 0 Å². The maximum absolute atomic E-state index is 5.46. The van der Waals surface area contributed by atoms with Gasteiger partial charge < -0.3 is 10.1 Å². The third-order valence-electron chi connectivity index (χ3n) is 3.10. The summed E-state index contributed by atoms with van der Waals surface area (Å²) in [6.07, 6.45) is 0.838. The zero-order valence-corrected chi connectivity index (χ0v) is 11.8. The van der Waals surface area contributed by atoms with Crippen LogP contribution in [0, 0.1) is 6.92 Å². The molecule has 2 rings (SSSR count). The molecule has 1 unspecified atom stereocenters. The average molecular weight is 249 g/mol. The van der Waals surface area contributed by atoms with Crippen molar-refractivity contribution in [3.63, 3.8) is 0 Å². The van der Waals surface area contributed by atoms with Gasteiger partial charge in [0.15, 0.2) is 0 Å². The van der Waals surface area contributed by atoms with E-state index in [9.17, 15) is 0 Å². The van der Waals surface area contributed by atoms with Crippen molar-refractivity contribution < 1.29 is 4.74 Å². The minimum absolute atomic E-state index is 0.0684. The lowest BCUT2D eigenvalue weighted by molar-refractivity contribution is 0.0763. The molecule has 1 fully saturated rings. The molecule has 0 amide bonds. The number of hydrogen-bond acceptors (Lipinski definition) is 4. The molecule has 0 aliphatic carbocycles. The number of aryl methyl sites for hydroxylation is 1. The number of hydrogen-bond donors (Lipinski definition) is 1. The molecule has 0 saturated carbocycles. The Labute approximate surface area is 109 Å². The fourth-order valence-corrected chi connectivity index (χ4v) is 2.08. The first-order valence-corrected chi connectivity index (χ1v) is 6.61. The fraction of sp³-hybridized carbons (Fsp3) is 0.714. The first-order chi connectivity index (χ1) is 8.45. The Balaban J connectivity index is 2.14. The minimum atomic E-state index is 0.0684. The standard InChI is InChI=1S/C14H23N3O/c1-10-7-12(14(2,3)4)17-13(16-10)8-11-9-18-6-5-15-11/h7,11,15H,5-6,8-9H2,1-4H3. The number of aromatic nitrogens is 2. The molecule has 0 spiro atoms. The summed E-state index contributed by atoms with van der Waals surface area (Å²) in [6.45, 7) is 11.1. The zero-order valence-electron chi connectivity index (χ0n) is 11.8. The molecule has 0 aromatic carbocycles. The van der Waals surface area contributed by atoms with E-state index in [0.717, 1.165) is 43.4 Å². The summed E-state index contributed by atoms with van der Waals surface area (Å²) in [5.41, 5.74) is 2.22. The molecule has 1 aromatic heterocycles. The Morgan fingerprint density at radius 3 is 2.78 bits per heavy atom. The molecule has 0 bridgehead atoms.